The molecule has 1 saturated heterocycles. The summed E-state index contributed by atoms with van der Waals surface area (Å²) >= 11 is 0. The fourth-order valence-electron chi connectivity index (χ4n) is 2.70. The van der Waals surface area contributed by atoms with Crippen LogP contribution in [-0.2, 0) is 25.6 Å². The maximum absolute atomic E-state index is 12.0. The molecule has 2 atom stereocenters. The predicted octanol–water partition coefficient (Wildman–Crippen LogP) is 2.76. The summed E-state index contributed by atoms with van der Waals surface area (Å²) in [4.78, 5) is 16.3. The first kappa shape index (κ1) is 19.3. The Morgan fingerprint density at radius 3 is 3.00 bits per heavy atom. The van der Waals surface area contributed by atoms with Gasteiger partial charge < -0.3 is 23.5 Å². The van der Waals surface area contributed by atoms with Gasteiger partial charge in [-0.05, 0) is 38.8 Å². The molecule has 27 heavy (non-hydrogen) atoms. The molecular weight excluding hydrogens is 352 g/mol. The minimum absolute atomic E-state index is 0.0594. The highest BCUT2D eigenvalue weighted by Gasteiger charge is 2.21. The zero-order valence-electron chi connectivity index (χ0n) is 15.6. The van der Waals surface area contributed by atoms with Gasteiger partial charge in [0.05, 0.1) is 24.9 Å². The van der Waals surface area contributed by atoms with Crippen molar-refractivity contribution >= 4 is 5.97 Å². The third-order valence-corrected chi connectivity index (χ3v) is 4.12. The predicted molar refractivity (Wildman–Crippen MR) is 95.1 cm³/mol. The first-order valence-corrected chi connectivity index (χ1v) is 9.12. The number of ether oxygens (including phenoxy) is 4. The van der Waals surface area contributed by atoms with Crippen molar-refractivity contribution in [2.45, 2.75) is 45.5 Å². The zero-order valence-corrected chi connectivity index (χ0v) is 15.6. The number of aromatic nitrogens is 2. The first-order valence-electron chi connectivity index (χ1n) is 9.12. The standard InChI is InChI=1S/C19H24N2O6/c1-3-23-16-9-5-4-8-15(16)18-20-17(27-21-18)12-26-19(22)13(2)25-11-14-7-6-10-24-14/h4-5,8-9,13-14H,3,6-7,10-12H2,1-2H3. The summed E-state index contributed by atoms with van der Waals surface area (Å²) in [5.41, 5.74) is 0.717. The fourth-order valence-corrected chi connectivity index (χ4v) is 2.70. The molecule has 8 heteroatoms. The first-order chi connectivity index (χ1) is 13.2. The van der Waals surface area contributed by atoms with Gasteiger partial charge in [0, 0.05) is 6.61 Å². The average Bonchev–Trinajstić information content (AvgIpc) is 3.37. The summed E-state index contributed by atoms with van der Waals surface area (Å²) in [5, 5.41) is 3.94. The molecule has 1 aliphatic rings. The van der Waals surface area contributed by atoms with Gasteiger partial charge in [-0.2, -0.15) is 4.98 Å². The van der Waals surface area contributed by atoms with Gasteiger partial charge in [0.15, 0.2) is 12.7 Å². The second kappa shape index (κ2) is 9.48. The average molecular weight is 376 g/mol. The second-order valence-electron chi connectivity index (χ2n) is 6.16. The highest BCUT2D eigenvalue weighted by molar-refractivity contribution is 5.74. The van der Waals surface area contributed by atoms with Crippen LogP contribution in [0.15, 0.2) is 28.8 Å². The van der Waals surface area contributed by atoms with Crippen LogP contribution in [0, 0.1) is 0 Å². The number of hydrogen-bond acceptors (Lipinski definition) is 8. The Bertz CT molecular complexity index is 741. The van der Waals surface area contributed by atoms with Crippen LogP contribution in [0.2, 0.25) is 0 Å². The van der Waals surface area contributed by atoms with E-state index in [4.69, 9.17) is 23.5 Å². The smallest absolute Gasteiger partial charge is 0.335 e. The summed E-state index contributed by atoms with van der Waals surface area (Å²) in [6.45, 7) is 5.10. The maximum Gasteiger partial charge on any atom is 0.335 e. The minimum Gasteiger partial charge on any atom is -0.493 e. The topological polar surface area (TPSA) is 92.9 Å². The Morgan fingerprint density at radius 1 is 1.37 bits per heavy atom. The second-order valence-corrected chi connectivity index (χ2v) is 6.16. The van der Waals surface area contributed by atoms with E-state index >= 15 is 0 Å². The molecular formula is C19H24N2O6. The molecule has 1 aromatic carbocycles. The number of hydrogen-bond donors (Lipinski definition) is 0. The Hall–Kier alpha value is -2.45. The monoisotopic (exact) mass is 376 g/mol. The highest BCUT2D eigenvalue weighted by atomic mass is 16.6. The van der Waals surface area contributed by atoms with Crippen molar-refractivity contribution in [3.05, 3.63) is 30.2 Å². The number of carbonyl (C=O) groups is 1. The maximum atomic E-state index is 12.0. The Kier molecular flexibility index (Phi) is 6.78. The molecule has 0 bridgehead atoms. The number of para-hydroxylation sites is 1. The summed E-state index contributed by atoms with van der Waals surface area (Å²) in [7, 11) is 0. The molecule has 0 radical (unpaired) electrons. The van der Waals surface area contributed by atoms with E-state index in [1.807, 2.05) is 31.2 Å². The van der Waals surface area contributed by atoms with E-state index in [9.17, 15) is 4.79 Å². The zero-order chi connectivity index (χ0) is 19.1. The largest absolute Gasteiger partial charge is 0.493 e. The normalized spacial score (nSPS) is 17.6. The van der Waals surface area contributed by atoms with Crippen molar-refractivity contribution in [3.63, 3.8) is 0 Å². The molecule has 8 nitrogen and oxygen atoms in total. The number of nitrogens with zero attached hydrogens (tertiary/aromatic N) is 2. The Labute approximate surface area is 157 Å². The van der Waals surface area contributed by atoms with Crippen LogP contribution in [0.4, 0.5) is 0 Å². The van der Waals surface area contributed by atoms with Crippen molar-refractivity contribution in [2.75, 3.05) is 19.8 Å². The molecule has 2 aromatic rings. The van der Waals surface area contributed by atoms with Crippen LogP contribution in [-0.4, -0.2) is 48.1 Å². The molecule has 3 rings (SSSR count). The summed E-state index contributed by atoms with van der Waals surface area (Å²) in [5.74, 6) is 0.770. The lowest BCUT2D eigenvalue weighted by Gasteiger charge is -2.14. The quantitative estimate of drug-likeness (QED) is 0.617. The van der Waals surface area contributed by atoms with Crippen molar-refractivity contribution < 1.29 is 28.3 Å². The van der Waals surface area contributed by atoms with Crippen LogP contribution in [0.1, 0.15) is 32.6 Å². The van der Waals surface area contributed by atoms with Gasteiger partial charge in [0.2, 0.25) is 5.82 Å². The number of benzene rings is 1. The Balaban J connectivity index is 1.51. The molecule has 1 fully saturated rings. The van der Waals surface area contributed by atoms with E-state index in [1.165, 1.54) is 0 Å². The van der Waals surface area contributed by atoms with Crippen molar-refractivity contribution in [1.82, 2.24) is 10.1 Å². The van der Waals surface area contributed by atoms with Crippen molar-refractivity contribution in [1.29, 1.82) is 0 Å². The van der Waals surface area contributed by atoms with E-state index < -0.39 is 12.1 Å². The Morgan fingerprint density at radius 2 is 2.22 bits per heavy atom. The molecule has 2 heterocycles. The van der Waals surface area contributed by atoms with E-state index in [1.54, 1.807) is 6.92 Å². The van der Waals surface area contributed by atoms with E-state index in [0.717, 1.165) is 19.4 Å². The SMILES string of the molecule is CCOc1ccccc1-c1noc(COC(=O)C(C)OCC2CCCO2)n1. The minimum atomic E-state index is -0.685. The summed E-state index contributed by atoms with van der Waals surface area (Å²) < 4.78 is 26.9. The summed E-state index contributed by atoms with van der Waals surface area (Å²) in [6, 6.07) is 7.41. The molecule has 0 spiro atoms. The number of rotatable bonds is 9. The third-order valence-electron chi connectivity index (χ3n) is 4.12. The molecule has 1 aromatic heterocycles. The molecule has 1 aliphatic heterocycles. The van der Waals surface area contributed by atoms with Crippen molar-refractivity contribution in [3.8, 4) is 17.1 Å². The van der Waals surface area contributed by atoms with Crippen LogP contribution < -0.4 is 4.74 Å². The van der Waals surface area contributed by atoms with Gasteiger partial charge in [-0.25, -0.2) is 4.79 Å². The molecule has 0 amide bonds. The lowest BCUT2D eigenvalue weighted by Crippen LogP contribution is -2.27. The molecule has 146 valence electrons. The van der Waals surface area contributed by atoms with Gasteiger partial charge in [-0.1, -0.05) is 17.3 Å². The molecule has 0 N–H and O–H groups in total. The van der Waals surface area contributed by atoms with E-state index in [2.05, 4.69) is 10.1 Å². The van der Waals surface area contributed by atoms with Gasteiger partial charge in [0.1, 0.15) is 5.75 Å². The van der Waals surface area contributed by atoms with E-state index in [-0.39, 0.29) is 18.6 Å². The van der Waals surface area contributed by atoms with E-state index in [0.29, 0.717) is 30.4 Å². The van der Waals surface area contributed by atoms with Crippen LogP contribution >= 0.6 is 0 Å². The summed E-state index contributed by atoms with van der Waals surface area (Å²) in [6.07, 6.45) is 1.36. The van der Waals surface area contributed by atoms with Gasteiger partial charge in [-0.15, -0.1) is 0 Å². The van der Waals surface area contributed by atoms with Crippen LogP contribution in [0.5, 0.6) is 5.75 Å². The molecule has 2 unspecified atom stereocenters. The van der Waals surface area contributed by atoms with Gasteiger partial charge in [-0.3, -0.25) is 0 Å². The van der Waals surface area contributed by atoms with Gasteiger partial charge in [0.25, 0.3) is 5.89 Å². The van der Waals surface area contributed by atoms with Crippen LogP contribution in [0.25, 0.3) is 11.4 Å². The number of esters is 1. The van der Waals surface area contributed by atoms with Crippen molar-refractivity contribution in [2.24, 2.45) is 0 Å². The van der Waals surface area contributed by atoms with Gasteiger partial charge >= 0.3 is 5.97 Å². The highest BCUT2D eigenvalue weighted by Crippen LogP contribution is 2.27. The van der Waals surface area contributed by atoms with Crippen LogP contribution in [0.3, 0.4) is 0 Å². The lowest BCUT2D eigenvalue weighted by atomic mass is 10.2. The molecule has 0 saturated carbocycles. The lowest BCUT2D eigenvalue weighted by molar-refractivity contribution is -0.160. The number of carbonyl (C=O) groups excluding carboxylic acids is 1. The third kappa shape index (κ3) is 5.27. The molecule has 0 aliphatic carbocycles. The fraction of sp³-hybridized carbons (Fsp3) is 0.526.